The molecule has 0 saturated carbocycles. The van der Waals surface area contributed by atoms with Gasteiger partial charge in [-0.1, -0.05) is 193 Å². The van der Waals surface area contributed by atoms with Crippen LogP contribution in [0.25, 0.3) is 132 Å². The Hall–Kier alpha value is -10.6. The Morgan fingerprint density at radius 2 is 1.09 bits per heavy atom. The Balaban J connectivity index is 0.00000576. The maximum atomic E-state index is 8.23. The van der Waals surface area contributed by atoms with Gasteiger partial charge in [0, 0.05) is 53.9 Å². The molecule has 0 aliphatic heterocycles. The van der Waals surface area contributed by atoms with Crippen LogP contribution in [0.3, 0.4) is 0 Å². The van der Waals surface area contributed by atoms with Gasteiger partial charge in [-0.2, -0.15) is 12.1 Å². The number of hydrogen-bond donors (Lipinski definition) is 0. The molecule has 0 saturated heterocycles. The topological polar surface area (TPSA) is 50.1 Å². The third-order valence-corrected chi connectivity index (χ3v) is 15.7. The fraction of sp³-hybridized carbons (Fsp3) is 0. The third-order valence-electron chi connectivity index (χ3n) is 15.7. The standard InChI is InChI=1S/C73H43N7O.Pt/c1-74-51-42-53(76-47-77(69-33-17-16-32-68(69)76)63-28-12-8-23-56(63)49-21-6-3-7-22-49)44-55(43-51)81-54-37-38-60-62-41-50(48-19-4-2-5-20-48)35-39-67(62)80(71(60)45-54)72-40-36-52(46-75-72)78-64-29-13-11-26-59(64)61-27-18-34-70(73(61)78)79-65-30-14-9-24-57(65)58-25-10-15-31-66(58)79;/h2-43,46H;/q-2;. The zero-order valence-electron chi connectivity index (χ0n) is 43.7. The molecule has 5 heterocycles. The van der Waals surface area contributed by atoms with Crippen LogP contribution in [0.15, 0.2) is 261 Å². The van der Waals surface area contributed by atoms with E-state index in [2.05, 4.69) is 248 Å². The molecular weight excluding hydrogens is 1190 g/mol. The molecule has 0 spiro atoms. The van der Waals surface area contributed by atoms with Gasteiger partial charge in [0.1, 0.15) is 5.82 Å². The van der Waals surface area contributed by atoms with Crippen LogP contribution in [0.1, 0.15) is 0 Å². The molecule has 16 aromatic rings. The van der Waals surface area contributed by atoms with Gasteiger partial charge in [0.2, 0.25) is 0 Å². The van der Waals surface area contributed by atoms with Crippen molar-refractivity contribution in [2.24, 2.45) is 0 Å². The first-order valence-corrected chi connectivity index (χ1v) is 26.9. The van der Waals surface area contributed by atoms with Gasteiger partial charge in [-0.3, -0.25) is 9.41 Å². The van der Waals surface area contributed by atoms with E-state index in [1.807, 2.05) is 53.2 Å². The quantitative estimate of drug-likeness (QED) is 0.107. The fourth-order valence-electron chi connectivity index (χ4n) is 12.1. The largest absolute Gasteiger partial charge is 0.511 e. The summed E-state index contributed by atoms with van der Waals surface area (Å²) in [6.07, 6.45) is 5.62. The van der Waals surface area contributed by atoms with Crippen molar-refractivity contribution < 1.29 is 30.4 Å². The van der Waals surface area contributed by atoms with Crippen molar-refractivity contribution in [3.63, 3.8) is 0 Å². The molecule has 5 aromatic heterocycles. The Bertz CT molecular complexity index is 5170. The molecular formula is C73H43N7OPt-2. The van der Waals surface area contributed by atoms with Crippen LogP contribution >= 0.6 is 0 Å². The average molecular weight is 1230 g/mol. The number of aromatic nitrogens is 6. The van der Waals surface area contributed by atoms with Crippen molar-refractivity contribution in [2.45, 2.75) is 0 Å². The van der Waals surface area contributed by atoms with Gasteiger partial charge in [-0.25, -0.2) is 4.98 Å². The molecule has 0 aliphatic rings. The molecule has 388 valence electrons. The Labute approximate surface area is 485 Å². The Morgan fingerprint density at radius 1 is 0.451 bits per heavy atom. The molecule has 11 aromatic carbocycles. The zero-order chi connectivity index (χ0) is 53.5. The number of imidazole rings is 1. The summed E-state index contributed by atoms with van der Waals surface area (Å²) < 4.78 is 17.7. The predicted molar refractivity (Wildman–Crippen MR) is 326 cm³/mol. The number of para-hydroxylation sites is 7. The zero-order valence-corrected chi connectivity index (χ0v) is 46.0. The summed E-state index contributed by atoms with van der Waals surface area (Å²) >= 11 is 0. The molecule has 8 nitrogen and oxygen atoms in total. The van der Waals surface area contributed by atoms with Crippen molar-refractivity contribution >= 4 is 82.1 Å². The summed E-state index contributed by atoms with van der Waals surface area (Å²) in [4.78, 5) is 9.26. The van der Waals surface area contributed by atoms with E-state index in [0.29, 0.717) is 22.9 Å². The van der Waals surface area contributed by atoms with Crippen molar-refractivity contribution in [1.82, 2.24) is 23.3 Å². The second kappa shape index (κ2) is 19.6. The van der Waals surface area contributed by atoms with E-state index in [1.165, 1.54) is 10.8 Å². The van der Waals surface area contributed by atoms with Gasteiger partial charge >= 0.3 is 0 Å². The fourth-order valence-corrected chi connectivity index (χ4v) is 12.1. The van der Waals surface area contributed by atoms with E-state index in [-0.39, 0.29) is 21.1 Å². The first-order chi connectivity index (χ1) is 40.1. The molecule has 0 N–H and O–H groups in total. The van der Waals surface area contributed by atoms with E-state index >= 15 is 0 Å². The maximum Gasteiger partial charge on any atom is 0.268 e. The molecule has 0 amide bonds. The van der Waals surface area contributed by atoms with Gasteiger partial charge in [-0.05, 0) is 81.9 Å². The van der Waals surface area contributed by atoms with Gasteiger partial charge in [0.25, 0.3) is 6.33 Å². The van der Waals surface area contributed by atoms with Crippen molar-refractivity contribution in [3.8, 4) is 62.3 Å². The molecule has 82 heavy (non-hydrogen) atoms. The van der Waals surface area contributed by atoms with Gasteiger partial charge in [0.15, 0.2) is 0 Å². The van der Waals surface area contributed by atoms with Crippen LogP contribution in [0, 0.1) is 25.0 Å². The average Bonchev–Trinajstić information content (AvgIpc) is 4.29. The van der Waals surface area contributed by atoms with Crippen molar-refractivity contribution in [3.05, 3.63) is 291 Å². The SMILES string of the molecule is [C-]#[N+]c1cc(Oc2[c-]c3c(cc2)c2cc(-c4ccccc4)ccc2n3-c2ccc(-n3c4ccccc4c4cccc(-n5c6ccccc6c6ccccc65)c43)cn2)[c-]c(-n2[c-][n+](-c3ccccc3-c3ccccc3)c3ccccc32)c1.[Pt]. The number of pyridine rings is 1. The van der Waals surface area contributed by atoms with Crippen LogP contribution in [0.2, 0.25) is 0 Å². The number of fused-ring (bicyclic) bond motifs is 10. The van der Waals surface area contributed by atoms with Crippen molar-refractivity contribution in [1.29, 1.82) is 0 Å². The van der Waals surface area contributed by atoms with Gasteiger partial charge < -0.3 is 23.0 Å². The smallest absolute Gasteiger partial charge is 0.268 e. The third kappa shape index (κ3) is 7.78. The molecule has 0 atom stereocenters. The second-order valence-electron chi connectivity index (χ2n) is 20.2. The maximum absolute atomic E-state index is 8.23. The minimum atomic E-state index is 0. The summed E-state index contributed by atoms with van der Waals surface area (Å²) in [7, 11) is 0. The summed E-state index contributed by atoms with van der Waals surface area (Å²) in [5, 5.41) is 6.80. The van der Waals surface area contributed by atoms with E-state index in [1.54, 1.807) is 6.07 Å². The number of hydrogen-bond acceptors (Lipinski definition) is 2. The van der Waals surface area contributed by atoms with Gasteiger partial charge in [-0.15, -0.1) is 29.7 Å². The number of rotatable bonds is 9. The summed E-state index contributed by atoms with van der Waals surface area (Å²) in [5.41, 5.74) is 16.5. The molecule has 0 fully saturated rings. The Kier molecular flexibility index (Phi) is 11.6. The van der Waals surface area contributed by atoms with E-state index in [4.69, 9.17) is 16.3 Å². The van der Waals surface area contributed by atoms with Crippen LogP contribution in [0.4, 0.5) is 5.69 Å². The van der Waals surface area contributed by atoms with Crippen LogP contribution in [-0.4, -0.2) is 23.3 Å². The Morgan fingerprint density at radius 3 is 1.82 bits per heavy atom. The van der Waals surface area contributed by atoms with E-state index in [9.17, 15) is 0 Å². The van der Waals surface area contributed by atoms with Crippen LogP contribution in [0.5, 0.6) is 11.5 Å². The molecule has 0 radical (unpaired) electrons. The monoisotopic (exact) mass is 1230 g/mol. The first kappa shape index (κ1) is 48.5. The number of nitrogens with zero attached hydrogens (tertiary/aromatic N) is 7. The minimum Gasteiger partial charge on any atom is -0.511 e. The summed E-state index contributed by atoms with van der Waals surface area (Å²) in [6, 6.07) is 95.6. The molecule has 16 rings (SSSR count). The second-order valence-corrected chi connectivity index (χ2v) is 20.2. The van der Waals surface area contributed by atoms with E-state index < -0.39 is 0 Å². The summed E-state index contributed by atoms with van der Waals surface area (Å²) in [5.74, 6) is 1.57. The van der Waals surface area contributed by atoms with Crippen LogP contribution < -0.4 is 9.30 Å². The molecule has 0 aliphatic carbocycles. The number of benzene rings is 11. The van der Waals surface area contributed by atoms with E-state index in [0.717, 1.165) is 111 Å². The van der Waals surface area contributed by atoms with Crippen LogP contribution in [-0.2, 0) is 21.1 Å². The predicted octanol–water partition coefficient (Wildman–Crippen LogP) is 17.7. The molecule has 0 unspecified atom stereocenters. The van der Waals surface area contributed by atoms with Crippen molar-refractivity contribution in [2.75, 3.05) is 0 Å². The number of ether oxygens (including phenoxy) is 1. The normalized spacial score (nSPS) is 11.5. The molecule has 0 bridgehead atoms. The molecule has 9 heteroatoms. The van der Waals surface area contributed by atoms with Gasteiger partial charge in [0.05, 0.1) is 68.6 Å². The summed E-state index contributed by atoms with van der Waals surface area (Å²) in [6.45, 7) is 8.23. The first-order valence-electron chi connectivity index (χ1n) is 26.9. The minimum absolute atomic E-state index is 0.